The summed E-state index contributed by atoms with van der Waals surface area (Å²) in [5.41, 5.74) is 12.3. The highest BCUT2D eigenvalue weighted by Gasteiger charge is 2.44. The zero-order valence-corrected chi connectivity index (χ0v) is 15.1. The van der Waals surface area contributed by atoms with Crippen molar-refractivity contribution in [3.05, 3.63) is 35.0 Å². The number of halogens is 1. The van der Waals surface area contributed by atoms with E-state index in [0.29, 0.717) is 0 Å². The van der Waals surface area contributed by atoms with E-state index in [1.54, 1.807) is 0 Å². The third kappa shape index (κ3) is 2.59. The van der Waals surface area contributed by atoms with E-state index in [1.807, 2.05) is 0 Å². The van der Waals surface area contributed by atoms with Gasteiger partial charge in [-0.15, -0.1) is 12.4 Å². The molecule has 0 amide bonds. The van der Waals surface area contributed by atoms with Crippen molar-refractivity contribution >= 4 is 23.3 Å². The van der Waals surface area contributed by atoms with Crippen molar-refractivity contribution in [3.63, 3.8) is 0 Å². The highest BCUT2D eigenvalue weighted by molar-refractivity contribution is 5.86. The minimum absolute atomic E-state index is 0. The number of fused-ring (bicyclic) bond motifs is 3. The number of rotatable bonds is 1. The third-order valence-corrected chi connectivity index (χ3v) is 5.68. The highest BCUT2D eigenvalue weighted by atomic mass is 35.5. The molecule has 0 radical (unpaired) electrons. The Balaban J connectivity index is 0.00000156. The van der Waals surface area contributed by atoms with Gasteiger partial charge in [0.15, 0.2) is 0 Å². The monoisotopic (exact) mass is 333 g/mol. The Morgan fingerprint density at radius 2 is 1.96 bits per heavy atom. The molecular formula is C19H28ClN3. The fraction of sp³-hybridized carbons (Fsp3) is 0.579. The van der Waals surface area contributed by atoms with Crippen LogP contribution in [0.1, 0.15) is 62.9 Å². The van der Waals surface area contributed by atoms with Gasteiger partial charge in [0.25, 0.3) is 0 Å². The van der Waals surface area contributed by atoms with Gasteiger partial charge in [0.05, 0.1) is 6.04 Å². The maximum Gasteiger partial charge on any atom is 0.0658 e. The molecule has 23 heavy (non-hydrogen) atoms. The predicted molar refractivity (Wildman–Crippen MR) is 99.5 cm³/mol. The maximum atomic E-state index is 6.63. The van der Waals surface area contributed by atoms with Crippen LogP contribution in [0.25, 0.3) is 10.9 Å². The SMILES string of the molecule is CC(C)(C)c1ccc2[nH]c3c(c2c1)CCNC3C1(N)CCC1.Cl. The van der Waals surface area contributed by atoms with Crippen molar-refractivity contribution < 1.29 is 0 Å². The molecule has 0 bridgehead atoms. The molecule has 2 aromatic rings. The Morgan fingerprint density at radius 1 is 1.22 bits per heavy atom. The van der Waals surface area contributed by atoms with E-state index in [-0.39, 0.29) is 29.4 Å². The van der Waals surface area contributed by atoms with E-state index in [1.165, 1.54) is 34.1 Å². The van der Waals surface area contributed by atoms with Crippen LogP contribution in [0.5, 0.6) is 0 Å². The summed E-state index contributed by atoms with van der Waals surface area (Å²) in [4.78, 5) is 3.68. The van der Waals surface area contributed by atoms with Crippen molar-refractivity contribution in [2.45, 2.75) is 63.5 Å². The zero-order valence-electron chi connectivity index (χ0n) is 14.3. The molecule has 1 saturated carbocycles. The first-order valence-corrected chi connectivity index (χ1v) is 8.56. The lowest BCUT2D eigenvalue weighted by molar-refractivity contribution is 0.169. The minimum atomic E-state index is -0.0527. The fourth-order valence-electron chi connectivity index (χ4n) is 4.06. The van der Waals surface area contributed by atoms with Gasteiger partial charge in [0.1, 0.15) is 0 Å². The van der Waals surface area contributed by atoms with Crippen molar-refractivity contribution in [1.82, 2.24) is 10.3 Å². The third-order valence-electron chi connectivity index (χ3n) is 5.68. The summed E-state index contributed by atoms with van der Waals surface area (Å²) in [5, 5.41) is 5.07. The van der Waals surface area contributed by atoms with E-state index in [4.69, 9.17) is 5.73 Å². The van der Waals surface area contributed by atoms with Crippen molar-refractivity contribution in [2.75, 3.05) is 6.54 Å². The lowest BCUT2D eigenvalue weighted by Gasteiger charge is -2.46. The lowest BCUT2D eigenvalue weighted by Crippen LogP contribution is -2.57. The molecule has 4 heteroatoms. The summed E-state index contributed by atoms with van der Waals surface area (Å²) in [6.45, 7) is 7.87. The second-order valence-electron chi connectivity index (χ2n) is 8.25. The molecule has 1 aliphatic carbocycles. The molecule has 1 aromatic carbocycles. The first kappa shape index (κ1) is 16.8. The van der Waals surface area contributed by atoms with Crippen LogP contribution in [0.15, 0.2) is 18.2 Å². The second kappa shape index (κ2) is 5.51. The van der Waals surface area contributed by atoms with Crippen LogP contribution in [0.4, 0.5) is 0 Å². The minimum Gasteiger partial charge on any atom is -0.357 e. The van der Waals surface area contributed by atoms with E-state index < -0.39 is 0 Å². The fourth-order valence-corrected chi connectivity index (χ4v) is 4.06. The average molecular weight is 334 g/mol. The Labute approximate surface area is 144 Å². The van der Waals surface area contributed by atoms with Gasteiger partial charge >= 0.3 is 0 Å². The Hall–Kier alpha value is -1.03. The summed E-state index contributed by atoms with van der Waals surface area (Å²) >= 11 is 0. The molecule has 0 saturated heterocycles. The summed E-state index contributed by atoms with van der Waals surface area (Å²) < 4.78 is 0. The molecule has 1 fully saturated rings. The zero-order chi connectivity index (χ0) is 15.5. The summed E-state index contributed by atoms with van der Waals surface area (Å²) in [7, 11) is 0. The van der Waals surface area contributed by atoms with Gasteiger partial charge in [0.2, 0.25) is 0 Å². The number of hydrogen-bond acceptors (Lipinski definition) is 2. The first-order valence-electron chi connectivity index (χ1n) is 8.56. The highest BCUT2D eigenvalue weighted by Crippen LogP contribution is 2.43. The molecule has 1 atom stereocenters. The van der Waals surface area contributed by atoms with Crippen LogP contribution in [-0.2, 0) is 11.8 Å². The number of nitrogens with one attached hydrogen (secondary N) is 2. The van der Waals surface area contributed by atoms with Gasteiger partial charge in [-0.2, -0.15) is 0 Å². The number of aromatic amines is 1. The quantitative estimate of drug-likeness (QED) is 0.740. The number of hydrogen-bond donors (Lipinski definition) is 3. The number of nitrogens with two attached hydrogens (primary N) is 1. The molecule has 4 N–H and O–H groups in total. The average Bonchev–Trinajstić information content (AvgIpc) is 2.81. The normalized spacial score (nSPS) is 23.0. The van der Waals surface area contributed by atoms with Crippen molar-refractivity contribution in [3.8, 4) is 0 Å². The number of H-pyrrole nitrogens is 1. The summed E-state index contributed by atoms with van der Waals surface area (Å²) in [6, 6.07) is 7.18. The Morgan fingerprint density at radius 3 is 2.57 bits per heavy atom. The van der Waals surface area contributed by atoms with Crippen LogP contribution in [0.2, 0.25) is 0 Å². The van der Waals surface area contributed by atoms with Crippen molar-refractivity contribution in [2.24, 2.45) is 5.73 Å². The van der Waals surface area contributed by atoms with Gasteiger partial charge < -0.3 is 16.0 Å². The van der Waals surface area contributed by atoms with E-state index in [9.17, 15) is 0 Å². The number of aromatic nitrogens is 1. The molecule has 1 aliphatic heterocycles. The first-order chi connectivity index (χ1) is 10.4. The largest absolute Gasteiger partial charge is 0.357 e. The molecule has 4 rings (SSSR count). The molecule has 2 aliphatic rings. The maximum absolute atomic E-state index is 6.63. The van der Waals surface area contributed by atoms with E-state index >= 15 is 0 Å². The summed E-state index contributed by atoms with van der Waals surface area (Å²) in [5.74, 6) is 0. The van der Waals surface area contributed by atoms with Crippen molar-refractivity contribution in [1.29, 1.82) is 0 Å². The van der Waals surface area contributed by atoms with E-state index in [0.717, 1.165) is 25.8 Å². The second-order valence-corrected chi connectivity index (χ2v) is 8.25. The molecule has 1 unspecified atom stereocenters. The topological polar surface area (TPSA) is 53.8 Å². The molecule has 126 valence electrons. The predicted octanol–water partition coefficient (Wildman–Crippen LogP) is 3.96. The molecule has 2 heterocycles. The molecular weight excluding hydrogens is 306 g/mol. The molecule has 1 aromatic heterocycles. The summed E-state index contributed by atoms with van der Waals surface area (Å²) in [6.07, 6.45) is 4.62. The number of benzene rings is 1. The lowest BCUT2D eigenvalue weighted by atomic mass is 9.70. The standard InChI is InChI=1S/C19H27N3.ClH/c1-18(2,3)12-5-6-15-14(11-12)13-7-10-21-17(16(13)22-15)19(20)8-4-9-19;/h5-6,11,17,21-22H,4,7-10,20H2,1-3H3;1H. The molecule has 0 spiro atoms. The van der Waals surface area contributed by atoms with Gasteiger partial charge in [-0.05, 0) is 60.9 Å². The van der Waals surface area contributed by atoms with Gasteiger partial charge in [-0.1, -0.05) is 26.8 Å². The van der Waals surface area contributed by atoms with Crippen LogP contribution < -0.4 is 11.1 Å². The Kier molecular flexibility index (Phi) is 4.03. The van der Waals surface area contributed by atoms with Gasteiger partial charge in [0, 0.05) is 22.1 Å². The van der Waals surface area contributed by atoms with Gasteiger partial charge in [-0.25, -0.2) is 0 Å². The molecule has 3 nitrogen and oxygen atoms in total. The van der Waals surface area contributed by atoms with E-state index in [2.05, 4.69) is 49.3 Å². The van der Waals surface area contributed by atoms with Gasteiger partial charge in [-0.3, -0.25) is 0 Å². The smallest absolute Gasteiger partial charge is 0.0658 e. The van der Waals surface area contributed by atoms with Crippen LogP contribution >= 0.6 is 12.4 Å². The van der Waals surface area contributed by atoms with Crippen LogP contribution in [0, 0.1) is 0 Å². The van der Waals surface area contributed by atoms with Crippen LogP contribution in [0.3, 0.4) is 0 Å². The Bertz CT molecular complexity index is 722. The van der Waals surface area contributed by atoms with Crippen LogP contribution in [-0.4, -0.2) is 17.1 Å².